The topological polar surface area (TPSA) is 107 Å². The van der Waals surface area contributed by atoms with Gasteiger partial charge in [0.25, 0.3) is 5.91 Å². The summed E-state index contributed by atoms with van der Waals surface area (Å²) >= 11 is 0. The second kappa shape index (κ2) is 10.9. The monoisotopic (exact) mass is 520 g/mol. The van der Waals surface area contributed by atoms with Crippen LogP contribution < -0.4 is 25.7 Å². The smallest absolute Gasteiger partial charge is 0.339 e. The van der Waals surface area contributed by atoms with Crippen molar-refractivity contribution < 1.29 is 23.5 Å². The molecule has 2 aromatic carbocycles. The summed E-state index contributed by atoms with van der Waals surface area (Å²) in [7, 11) is 0. The number of rotatable bonds is 8. The maximum Gasteiger partial charge on any atom is 0.339 e. The van der Waals surface area contributed by atoms with Crippen molar-refractivity contribution in [2.45, 2.75) is 78.5 Å². The highest BCUT2D eigenvalue weighted by Crippen LogP contribution is 2.43. The molecular formula is C30H36N2O6. The summed E-state index contributed by atoms with van der Waals surface area (Å²) in [6.07, 6.45) is 1.81. The van der Waals surface area contributed by atoms with Crippen LogP contribution in [0.3, 0.4) is 0 Å². The minimum Gasteiger partial charge on any atom is -0.487 e. The third kappa shape index (κ3) is 6.01. The number of hydrogen-bond acceptors (Lipinski definition) is 6. The molecule has 1 atom stereocenters. The Labute approximate surface area is 222 Å². The highest BCUT2D eigenvalue weighted by Gasteiger charge is 2.31. The standard InChI is InChI=1S/C30H36N2O6/c1-17(2)31-28(34)22(14-20-10-8-7-9-11-20)32-25(33)16-36-24-15-23-21(12-13-30(5,6)38-23)27-26(24)18(3)19(4)29(35)37-27/h7-11,15,17,22H,12-14,16H2,1-6H3,(H,31,34)(H,32,33). The van der Waals surface area contributed by atoms with E-state index in [1.54, 1.807) is 13.0 Å². The lowest BCUT2D eigenvalue weighted by molar-refractivity contribution is -0.130. The van der Waals surface area contributed by atoms with Gasteiger partial charge in [-0.05, 0) is 65.5 Å². The zero-order valence-corrected chi connectivity index (χ0v) is 22.9. The van der Waals surface area contributed by atoms with Gasteiger partial charge in [0.15, 0.2) is 6.61 Å². The molecule has 0 fully saturated rings. The molecule has 1 aliphatic rings. The molecule has 0 saturated heterocycles. The van der Waals surface area contributed by atoms with E-state index in [2.05, 4.69) is 10.6 Å². The highest BCUT2D eigenvalue weighted by atomic mass is 16.5. The Balaban J connectivity index is 1.60. The highest BCUT2D eigenvalue weighted by molar-refractivity contribution is 5.93. The lowest BCUT2D eigenvalue weighted by Crippen LogP contribution is -2.50. The molecule has 38 heavy (non-hydrogen) atoms. The Bertz CT molecular complexity index is 1410. The van der Waals surface area contributed by atoms with Gasteiger partial charge in [0.1, 0.15) is 28.7 Å². The van der Waals surface area contributed by atoms with Crippen molar-refractivity contribution in [3.8, 4) is 11.5 Å². The third-order valence-electron chi connectivity index (χ3n) is 6.83. The van der Waals surface area contributed by atoms with Crippen molar-refractivity contribution >= 4 is 22.8 Å². The largest absolute Gasteiger partial charge is 0.487 e. The van der Waals surface area contributed by atoms with Crippen LogP contribution in [0.4, 0.5) is 0 Å². The number of fused-ring (bicyclic) bond motifs is 3. The number of ether oxygens (including phenoxy) is 2. The van der Waals surface area contributed by atoms with Crippen LogP contribution in [0.5, 0.6) is 11.5 Å². The average Bonchev–Trinajstić information content (AvgIpc) is 2.84. The van der Waals surface area contributed by atoms with Crippen LogP contribution in [-0.4, -0.2) is 36.1 Å². The number of hydrogen-bond donors (Lipinski definition) is 2. The van der Waals surface area contributed by atoms with Gasteiger partial charge >= 0.3 is 5.63 Å². The molecule has 1 unspecified atom stereocenters. The molecule has 8 heteroatoms. The molecule has 8 nitrogen and oxygen atoms in total. The molecule has 0 saturated carbocycles. The van der Waals surface area contributed by atoms with E-state index in [9.17, 15) is 14.4 Å². The van der Waals surface area contributed by atoms with Gasteiger partial charge in [0.05, 0.1) is 5.39 Å². The molecule has 202 valence electrons. The second-order valence-electron chi connectivity index (χ2n) is 10.8. The summed E-state index contributed by atoms with van der Waals surface area (Å²) in [4.78, 5) is 38.4. The van der Waals surface area contributed by atoms with Crippen LogP contribution in [0.1, 0.15) is 56.4 Å². The van der Waals surface area contributed by atoms with Crippen molar-refractivity contribution in [3.05, 3.63) is 69.1 Å². The average molecular weight is 521 g/mol. The fraction of sp³-hybridized carbons (Fsp3) is 0.433. The van der Waals surface area contributed by atoms with Gasteiger partial charge in [-0.15, -0.1) is 0 Å². The Kier molecular flexibility index (Phi) is 7.81. The summed E-state index contributed by atoms with van der Waals surface area (Å²) in [6, 6.07) is 10.5. The van der Waals surface area contributed by atoms with E-state index in [1.807, 2.05) is 65.0 Å². The first-order chi connectivity index (χ1) is 17.9. The minimum atomic E-state index is -0.762. The van der Waals surface area contributed by atoms with Crippen LogP contribution >= 0.6 is 0 Å². The molecule has 0 spiro atoms. The van der Waals surface area contributed by atoms with Crippen LogP contribution in [0.15, 0.2) is 45.6 Å². The van der Waals surface area contributed by atoms with E-state index >= 15 is 0 Å². The quantitative estimate of drug-likeness (QED) is 0.433. The Morgan fingerprint density at radius 3 is 2.47 bits per heavy atom. The van der Waals surface area contributed by atoms with E-state index in [-0.39, 0.29) is 24.2 Å². The summed E-state index contributed by atoms with van der Waals surface area (Å²) in [5.41, 5.74) is 2.61. The van der Waals surface area contributed by atoms with Crippen LogP contribution in [0.2, 0.25) is 0 Å². The van der Waals surface area contributed by atoms with E-state index in [4.69, 9.17) is 13.9 Å². The second-order valence-corrected chi connectivity index (χ2v) is 10.8. The molecule has 2 heterocycles. The molecule has 4 rings (SSSR count). The van der Waals surface area contributed by atoms with Crippen molar-refractivity contribution in [1.82, 2.24) is 10.6 Å². The molecule has 0 aliphatic carbocycles. The first-order valence-corrected chi connectivity index (χ1v) is 13.0. The van der Waals surface area contributed by atoms with Crippen LogP contribution in [0, 0.1) is 13.8 Å². The zero-order chi connectivity index (χ0) is 27.6. The Morgan fingerprint density at radius 1 is 1.08 bits per heavy atom. The molecule has 1 aromatic heterocycles. The van der Waals surface area contributed by atoms with Gasteiger partial charge < -0.3 is 24.5 Å². The fourth-order valence-electron chi connectivity index (χ4n) is 4.67. The molecule has 2 amide bonds. The first kappa shape index (κ1) is 27.2. The van der Waals surface area contributed by atoms with Crippen molar-refractivity contribution in [2.24, 2.45) is 0 Å². The SMILES string of the molecule is Cc1c(C)c2c(OCC(=O)NC(Cc3ccccc3)C(=O)NC(C)C)cc3c(c2oc1=O)CCC(C)(C)O3. The number of amides is 2. The normalized spacial score (nSPS) is 14.9. The summed E-state index contributed by atoms with van der Waals surface area (Å²) in [5, 5.41) is 6.34. The zero-order valence-electron chi connectivity index (χ0n) is 22.9. The predicted molar refractivity (Wildman–Crippen MR) is 146 cm³/mol. The van der Waals surface area contributed by atoms with Gasteiger partial charge in [-0.3, -0.25) is 9.59 Å². The number of nitrogens with one attached hydrogen (secondary N) is 2. The van der Waals surface area contributed by atoms with Gasteiger partial charge in [-0.2, -0.15) is 0 Å². The summed E-state index contributed by atoms with van der Waals surface area (Å²) in [6.45, 7) is 11.0. The van der Waals surface area contributed by atoms with E-state index < -0.39 is 17.6 Å². The molecular weight excluding hydrogens is 484 g/mol. The molecule has 0 bridgehead atoms. The first-order valence-electron chi connectivity index (χ1n) is 13.0. The third-order valence-corrected chi connectivity index (χ3v) is 6.83. The molecule has 0 radical (unpaired) electrons. The van der Waals surface area contributed by atoms with E-state index in [0.717, 1.165) is 23.1 Å². The lowest BCUT2D eigenvalue weighted by Gasteiger charge is -2.33. The fourth-order valence-corrected chi connectivity index (χ4v) is 4.67. The Hall–Kier alpha value is -3.81. The summed E-state index contributed by atoms with van der Waals surface area (Å²) in [5.74, 6) is 0.264. The van der Waals surface area contributed by atoms with Crippen molar-refractivity contribution in [2.75, 3.05) is 6.61 Å². The predicted octanol–water partition coefficient (Wildman–Crippen LogP) is 4.14. The van der Waals surface area contributed by atoms with Crippen molar-refractivity contribution in [1.29, 1.82) is 0 Å². The van der Waals surface area contributed by atoms with Crippen LogP contribution in [-0.2, 0) is 22.4 Å². The minimum absolute atomic E-state index is 0.0686. The van der Waals surface area contributed by atoms with Crippen molar-refractivity contribution in [3.63, 3.8) is 0 Å². The van der Waals surface area contributed by atoms with E-state index in [0.29, 0.717) is 40.9 Å². The molecule has 1 aliphatic heterocycles. The van der Waals surface area contributed by atoms with E-state index in [1.165, 1.54) is 0 Å². The number of carbonyl (C=O) groups excluding carboxylic acids is 2. The lowest BCUT2D eigenvalue weighted by atomic mass is 9.92. The maximum absolute atomic E-state index is 13.0. The number of benzene rings is 2. The van der Waals surface area contributed by atoms with Gasteiger partial charge in [0.2, 0.25) is 5.91 Å². The number of carbonyl (C=O) groups is 2. The maximum atomic E-state index is 13.0. The number of aryl methyl sites for hydroxylation is 2. The summed E-state index contributed by atoms with van der Waals surface area (Å²) < 4.78 is 17.9. The van der Waals surface area contributed by atoms with Gasteiger partial charge in [-0.1, -0.05) is 30.3 Å². The van der Waals surface area contributed by atoms with Gasteiger partial charge in [0, 0.05) is 29.7 Å². The van der Waals surface area contributed by atoms with Gasteiger partial charge in [-0.25, -0.2) is 4.79 Å². The molecule has 2 N–H and O–H groups in total. The molecule has 3 aromatic rings. The Morgan fingerprint density at radius 2 is 1.79 bits per heavy atom. The van der Waals surface area contributed by atoms with Crippen LogP contribution in [0.25, 0.3) is 11.0 Å².